The van der Waals surface area contributed by atoms with E-state index in [1.54, 1.807) is 26.9 Å². The standard InChI is InChI=1S/C59H68N10O8S/c1-39(30-49(72)66-25-20-58(76,21-26-66)35-68-38-63-52-53(56(68)74)64-65(3)54(52)42-18-16-41(17-19-42)33-61-48(71)15-6-7-24-60)43-10-8-11-44(32-43)47-14-5-4-13-46(47)40(2)31-50(73)67-27-22-59(77,23-28-67)36-69-37-62-51-45(12-9-29-70)34-78-55(51)57(69)75/h4-5,8,10-11,13-14,16-19,32,34,37-40,70,76-77H,6-7,15,20-31,33,35-36,60H2,1-3H3,(H,61,71)/t39-,40-/m1/s1. The Morgan fingerprint density at radius 3 is 2.05 bits per heavy atom. The maximum Gasteiger partial charge on any atom is 0.281 e. The summed E-state index contributed by atoms with van der Waals surface area (Å²) >= 11 is 1.23. The lowest BCUT2D eigenvalue weighted by molar-refractivity contribution is -0.137. The minimum atomic E-state index is -1.23. The van der Waals surface area contributed by atoms with E-state index in [4.69, 9.17) is 10.8 Å². The van der Waals surface area contributed by atoms with Gasteiger partial charge in [0.2, 0.25) is 17.7 Å². The summed E-state index contributed by atoms with van der Waals surface area (Å²) in [5.74, 6) is 5.15. The average Bonchev–Trinajstić information content (AvgIpc) is 4.04. The molecule has 3 aromatic carbocycles. The molecule has 19 heteroatoms. The number of rotatable bonds is 18. The van der Waals surface area contributed by atoms with Crippen LogP contribution in [0.4, 0.5) is 0 Å². The summed E-state index contributed by atoms with van der Waals surface area (Å²) in [6.07, 6.45) is 6.64. The van der Waals surface area contributed by atoms with Crippen LogP contribution in [0.2, 0.25) is 0 Å². The first kappa shape index (κ1) is 55.4. The molecule has 6 N–H and O–H groups in total. The summed E-state index contributed by atoms with van der Waals surface area (Å²) in [6, 6.07) is 23.9. The second-order valence-electron chi connectivity index (χ2n) is 21.2. The van der Waals surface area contributed by atoms with E-state index in [0.29, 0.717) is 85.5 Å². The van der Waals surface area contributed by atoms with Crippen molar-refractivity contribution in [1.29, 1.82) is 0 Å². The molecule has 9 rings (SSSR count). The van der Waals surface area contributed by atoms with E-state index in [1.165, 1.54) is 33.1 Å². The van der Waals surface area contributed by atoms with Gasteiger partial charge in [-0.1, -0.05) is 98.5 Å². The van der Waals surface area contributed by atoms with Crippen molar-refractivity contribution >= 4 is 50.3 Å². The fraction of sp³-hybridized carbons (Fsp3) is 0.424. The number of hydrogen-bond acceptors (Lipinski definition) is 13. The molecule has 408 valence electrons. The zero-order chi connectivity index (χ0) is 55.1. The predicted octanol–water partition coefficient (Wildman–Crippen LogP) is 5.42. The van der Waals surface area contributed by atoms with Gasteiger partial charge in [0.1, 0.15) is 22.3 Å². The maximum atomic E-state index is 13.8. The number of nitrogens with zero attached hydrogens (tertiary/aromatic N) is 8. The van der Waals surface area contributed by atoms with Crippen molar-refractivity contribution in [3.8, 4) is 34.2 Å². The molecule has 2 saturated heterocycles. The molecule has 2 aliphatic heterocycles. The van der Waals surface area contributed by atoms with Crippen LogP contribution in [-0.2, 0) is 41.1 Å². The zero-order valence-corrected chi connectivity index (χ0v) is 45.3. The Bertz CT molecular complexity index is 3500. The van der Waals surface area contributed by atoms with Crippen molar-refractivity contribution < 1.29 is 29.7 Å². The molecule has 0 spiro atoms. The summed E-state index contributed by atoms with van der Waals surface area (Å²) in [6.45, 7) is 6.22. The highest BCUT2D eigenvalue weighted by Gasteiger charge is 2.37. The Morgan fingerprint density at radius 2 is 1.40 bits per heavy atom. The fourth-order valence-corrected chi connectivity index (χ4v) is 11.7. The lowest BCUT2D eigenvalue weighted by atomic mass is 9.86. The first-order valence-electron chi connectivity index (χ1n) is 26.8. The van der Waals surface area contributed by atoms with Crippen LogP contribution in [0.5, 0.6) is 0 Å². The number of unbranched alkanes of at least 4 members (excludes halogenated alkanes) is 1. The molecule has 0 saturated carbocycles. The summed E-state index contributed by atoms with van der Waals surface area (Å²) in [7, 11) is 1.76. The lowest BCUT2D eigenvalue weighted by Gasteiger charge is -2.38. The number of aliphatic hydroxyl groups excluding tert-OH is 1. The number of carbonyl (C=O) groups is 3. The smallest absolute Gasteiger partial charge is 0.281 e. The number of nitrogens with two attached hydrogens (primary N) is 1. The van der Waals surface area contributed by atoms with E-state index in [9.17, 15) is 34.2 Å². The number of amides is 3. The van der Waals surface area contributed by atoms with E-state index in [-0.39, 0.29) is 91.6 Å². The van der Waals surface area contributed by atoms with Crippen molar-refractivity contribution in [3.63, 3.8) is 0 Å². The molecule has 2 atom stereocenters. The van der Waals surface area contributed by atoms with Gasteiger partial charge in [-0.2, -0.15) is 5.10 Å². The van der Waals surface area contributed by atoms with E-state index >= 15 is 0 Å². The second kappa shape index (κ2) is 24.1. The van der Waals surface area contributed by atoms with E-state index in [2.05, 4.69) is 50.4 Å². The van der Waals surface area contributed by atoms with E-state index in [0.717, 1.165) is 46.2 Å². The largest absolute Gasteiger partial charge is 0.388 e. The van der Waals surface area contributed by atoms with Gasteiger partial charge in [-0.05, 0) is 84.7 Å². The van der Waals surface area contributed by atoms with Gasteiger partial charge < -0.3 is 36.2 Å². The second-order valence-corrected chi connectivity index (χ2v) is 22.0. The number of thiophene rings is 1. The minimum absolute atomic E-state index is 0.00694. The van der Waals surface area contributed by atoms with Gasteiger partial charge >= 0.3 is 0 Å². The zero-order valence-electron chi connectivity index (χ0n) is 44.5. The molecule has 6 heterocycles. The number of hydrogen-bond donors (Lipinski definition) is 5. The first-order valence-corrected chi connectivity index (χ1v) is 27.7. The van der Waals surface area contributed by atoms with Gasteiger partial charge in [0.25, 0.3) is 11.1 Å². The molecule has 0 radical (unpaired) electrons. The maximum absolute atomic E-state index is 13.8. The Labute approximate surface area is 456 Å². The van der Waals surface area contributed by atoms with Crippen LogP contribution in [0.3, 0.4) is 0 Å². The number of fused-ring (bicyclic) bond motifs is 2. The molecule has 0 bridgehead atoms. The van der Waals surface area contributed by atoms with Gasteiger partial charge in [-0.3, -0.25) is 37.8 Å². The van der Waals surface area contributed by atoms with Crippen LogP contribution in [0, 0.1) is 11.8 Å². The van der Waals surface area contributed by atoms with Crippen LogP contribution in [0.1, 0.15) is 106 Å². The predicted molar refractivity (Wildman–Crippen MR) is 300 cm³/mol. The molecular formula is C59H68N10O8S. The third-order valence-electron chi connectivity index (χ3n) is 15.5. The average molecular weight is 1080 g/mol. The highest BCUT2D eigenvalue weighted by Crippen LogP contribution is 2.35. The molecule has 4 aromatic heterocycles. The molecule has 18 nitrogen and oxygen atoms in total. The van der Waals surface area contributed by atoms with Crippen LogP contribution >= 0.6 is 11.3 Å². The number of likely N-dealkylation sites (tertiary alicyclic amines) is 2. The molecule has 3 amide bonds. The van der Waals surface area contributed by atoms with Gasteiger partial charge in [-0.15, -0.1) is 11.3 Å². The quantitative estimate of drug-likeness (QED) is 0.0535. The monoisotopic (exact) mass is 1080 g/mol. The first-order chi connectivity index (χ1) is 37.6. The van der Waals surface area contributed by atoms with Crippen LogP contribution in [0.15, 0.2) is 100 Å². The minimum Gasteiger partial charge on any atom is -0.388 e. The van der Waals surface area contributed by atoms with E-state index in [1.807, 2.05) is 68.4 Å². The van der Waals surface area contributed by atoms with Gasteiger partial charge in [0, 0.05) is 70.0 Å². The number of nitrogens with one attached hydrogen (secondary N) is 1. The molecule has 0 unspecified atom stereocenters. The molecular weight excluding hydrogens is 1010 g/mol. The summed E-state index contributed by atoms with van der Waals surface area (Å²) in [5, 5.41) is 41.7. The highest BCUT2D eigenvalue weighted by atomic mass is 32.1. The SMILES string of the molecule is C[C@H](CC(=O)N1CCC(O)(Cn2cnc3c(-c4ccc(CNC(=O)CCCCN)cc4)n(C)nc3c2=O)CC1)c1cccc(-c2ccccc2[C@H](C)CC(=O)N2CCC(O)(Cn3cnc4c(C#CCO)csc4c3=O)CC2)c1. The fourth-order valence-electron chi connectivity index (χ4n) is 10.8. The number of aliphatic hydroxyl groups is 3. The lowest BCUT2D eigenvalue weighted by Crippen LogP contribution is -2.49. The number of aromatic nitrogens is 6. The third kappa shape index (κ3) is 12.5. The van der Waals surface area contributed by atoms with Crippen molar-refractivity contribution in [1.82, 2.24) is 44.0 Å². The Kier molecular flexibility index (Phi) is 17.1. The van der Waals surface area contributed by atoms with Gasteiger partial charge in [0.05, 0.1) is 48.2 Å². The number of piperidine rings is 2. The topological polar surface area (TPSA) is 244 Å². The molecule has 78 heavy (non-hydrogen) atoms. The summed E-state index contributed by atoms with van der Waals surface area (Å²) in [4.78, 5) is 79.7. The third-order valence-corrected chi connectivity index (χ3v) is 16.4. The van der Waals surface area contributed by atoms with Crippen molar-refractivity contribution in [2.24, 2.45) is 12.8 Å². The van der Waals surface area contributed by atoms with Crippen molar-refractivity contribution in [2.45, 2.75) is 114 Å². The Balaban J connectivity index is 0.765. The number of aryl methyl sites for hydroxylation is 1. The molecule has 2 fully saturated rings. The molecule has 2 aliphatic rings. The summed E-state index contributed by atoms with van der Waals surface area (Å²) in [5.41, 5.74) is 10.7. The highest BCUT2D eigenvalue weighted by molar-refractivity contribution is 7.17. The van der Waals surface area contributed by atoms with Gasteiger partial charge in [-0.25, -0.2) is 9.97 Å². The Hall–Kier alpha value is -7.34. The van der Waals surface area contributed by atoms with Crippen molar-refractivity contribution in [2.75, 3.05) is 39.3 Å². The van der Waals surface area contributed by atoms with Crippen LogP contribution < -0.4 is 22.2 Å². The number of carbonyl (C=O) groups excluding carboxylic acids is 3. The summed E-state index contributed by atoms with van der Waals surface area (Å²) < 4.78 is 4.90. The van der Waals surface area contributed by atoms with Crippen molar-refractivity contribution in [3.05, 3.63) is 134 Å². The van der Waals surface area contributed by atoms with Crippen LogP contribution in [0.25, 0.3) is 43.6 Å². The normalized spacial score (nSPS) is 15.9. The molecule has 7 aromatic rings. The number of benzene rings is 3. The van der Waals surface area contributed by atoms with Gasteiger partial charge in [0.15, 0.2) is 5.52 Å². The van der Waals surface area contributed by atoms with E-state index < -0.39 is 11.2 Å². The Morgan fingerprint density at radius 1 is 0.769 bits per heavy atom. The van der Waals surface area contributed by atoms with Crippen LogP contribution in [-0.4, -0.2) is 122 Å². The molecule has 0 aliphatic carbocycles.